The topological polar surface area (TPSA) is 93.4 Å². The minimum atomic E-state index is -0.258. The Bertz CT molecular complexity index is 1610. The van der Waals surface area contributed by atoms with Gasteiger partial charge in [-0.15, -0.1) is 0 Å². The summed E-state index contributed by atoms with van der Waals surface area (Å²) in [5.41, 5.74) is 4.44. The molecule has 3 aromatic carbocycles. The Balaban J connectivity index is 1.31. The van der Waals surface area contributed by atoms with E-state index < -0.39 is 0 Å². The first-order valence-corrected chi connectivity index (χ1v) is 13.8. The summed E-state index contributed by atoms with van der Waals surface area (Å²) < 4.78 is 16.5. The molecular weight excluding hydrogens is 538 g/mol. The molecule has 2 heterocycles. The molecule has 1 fully saturated rings. The van der Waals surface area contributed by atoms with Crippen molar-refractivity contribution in [2.24, 2.45) is 4.99 Å². The van der Waals surface area contributed by atoms with Gasteiger partial charge in [0.2, 0.25) is 0 Å². The molecule has 0 aliphatic carbocycles. The molecule has 208 valence electrons. The summed E-state index contributed by atoms with van der Waals surface area (Å²) in [6, 6.07) is 23.9. The van der Waals surface area contributed by atoms with Crippen molar-refractivity contribution in [2.45, 2.75) is 20.4 Å². The summed E-state index contributed by atoms with van der Waals surface area (Å²) in [7, 11) is 1.61. The maximum absolute atomic E-state index is 13.5. The van der Waals surface area contributed by atoms with Gasteiger partial charge in [0.1, 0.15) is 17.3 Å². The lowest BCUT2D eigenvalue weighted by atomic mass is 10.1. The minimum absolute atomic E-state index is 0.143. The fourth-order valence-corrected chi connectivity index (χ4v) is 5.06. The lowest BCUT2D eigenvalue weighted by Gasteiger charge is -2.13. The summed E-state index contributed by atoms with van der Waals surface area (Å²) >= 11 is 1.29. The van der Waals surface area contributed by atoms with Crippen molar-refractivity contribution in [1.82, 2.24) is 4.90 Å². The molecule has 0 saturated carbocycles. The van der Waals surface area contributed by atoms with E-state index in [1.807, 2.05) is 74.5 Å². The number of aryl methyl sites for hydroxylation is 2. The molecule has 2 amide bonds. The quantitative estimate of drug-likeness (QED) is 0.226. The molecule has 1 aromatic heterocycles. The average Bonchev–Trinajstić information content (AvgIpc) is 3.59. The van der Waals surface area contributed by atoms with Gasteiger partial charge in [-0.3, -0.25) is 14.5 Å². The molecule has 0 bridgehead atoms. The van der Waals surface area contributed by atoms with E-state index in [2.05, 4.69) is 5.32 Å². The molecule has 0 spiro atoms. The monoisotopic (exact) mass is 567 g/mol. The van der Waals surface area contributed by atoms with Crippen LogP contribution < -0.4 is 14.8 Å². The number of furan rings is 1. The SMILES string of the molecule is COc1ccc(N=C2S/C(=C\c3cccc(OCC(=O)Nc4ccc(C)c(C)c4)c3)C(=O)N2Cc2ccco2)cc1. The van der Waals surface area contributed by atoms with Gasteiger partial charge in [-0.1, -0.05) is 18.2 Å². The number of hydrogen-bond acceptors (Lipinski definition) is 7. The van der Waals surface area contributed by atoms with Crippen molar-refractivity contribution >= 4 is 46.2 Å². The highest BCUT2D eigenvalue weighted by Crippen LogP contribution is 2.36. The molecule has 1 aliphatic heterocycles. The number of hydrogen-bond donors (Lipinski definition) is 1. The fraction of sp³-hybridized carbons (Fsp3) is 0.156. The van der Waals surface area contributed by atoms with Crippen molar-refractivity contribution in [3.63, 3.8) is 0 Å². The highest BCUT2D eigenvalue weighted by Gasteiger charge is 2.34. The third kappa shape index (κ3) is 7.06. The number of nitrogens with one attached hydrogen (secondary N) is 1. The zero-order chi connectivity index (χ0) is 28.8. The van der Waals surface area contributed by atoms with Crippen molar-refractivity contribution in [3.05, 3.63) is 112 Å². The Labute approximate surface area is 242 Å². The minimum Gasteiger partial charge on any atom is -0.497 e. The average molecular weight is 568 g/mol. The smallest absolute Gasteiger partial charge is 0.267 e. The number of benzene rings is 3. The predicted octanol–water partition coefficient (Wildman–Crippen LogP) is 6.73. The van der Waals surface area contributed by atoms with Crippen molar-refractivity contribution in [1.29, 1.82) is 0 Å². The van der Waals surface area contributed by atoms with E-state index in [1.54, 1.807) is 42.5 Å². The van der Waals surface area contributed by atoms with Gasteiger partial charge in [0.15, 0.2) is 11.8 Å². The van der Waals surface area contributed by atoms with Crippen LogP contribution in [0.2, 0.25) is 0 Å². The number of rotatable bonds is 9. The number of aliphatic imine (C=N–C) groups is 1. The van der Waals surface area contributed by atoms with Gasteiger partial charge in [-0.05, 0) is 109 Å². The Kier molecular flexibility index (Phi) is 8.55. The Hall–Kier alpha value is -4.76. The molecule has 1 aliphatic rings. The normalized spacial score (nSPS) is 15.0. The van der Waals surface area contributed by atoms with Crippen LogP contribution in [-0.4, -0.2) is 35.6 Å². The van der Waals surface area contributed by atoms with Crippen LogP contribution >= 0.6 is 11.8 Å². The standard InChI is InChI=1S/C32H29N3O5S/c1-21-9-10-25(16-22(21)2)33-30(36)20-40-27-7-4-6-23(17-27)18-29-31(37)35(19-28-8-5-15-39-28)32(41-29)34-24-11-13-26(38-3)14-12-24/h4-18H,19-20H2,1-3H3,(H,33,36)/b29-18-,34-32?. The van der Waals surface area contributed by atoms with Crippen LogP contribution in [0.25, 0.3) is 6.08 Å². The Morgan fingerprint density at radius 3 is 2.56 bits per heavy atom. The summed E-state index contributed by atoms with van der Waals surface area (Å²) in [6.07, 6.45) is 3.37. The van der Waals surface area contributed by atoms with Gasteiger partial charge in [0, 0.05) is 5.69 Å². The van der Waals surface area contributed by atoms with Crippen LogP contribution in [0.1, 0.15) is 22.5 Å². The number of thioether (sulfide) groups is 1. The molecule has 1 saturated heterocycles. The Morgan fingerprint density at radius 2 is 1.83 bits per heavy atom. The lowest BCUT2D eigenvalue weighted by molar-refractivity contribution is -0.122. The molecule has 0 unspecified atom stereocenters. The third-order valence-electron chi connectivity index (χ3n) is 6.40. The molecule has 4 aromatic rings. The van der Waals surface area contributed by atoms with E-state index in [9.17, 15) is 9.59 Å². The van der Waals surface area contributed by atoms with Gasteiger partial charge in [0.05, 0.1) is 30.5 Å². The summed E-state index contributed by atoms with van der Waals surface area (Å²) in [4.78, 5) is 32.7. The van der Waals surface area contributed by atoms with E-state index in [4.69, 9.17) is 18.9 Å². The first kappa shape index (κ1) is 27.8. The van der Waals surface area contributed by atoms with Crippen LogP contribution in [0.4, 0.5) is 11.4 Å². The van der Waals surface area contributed by atoms with Crippen LogP contribution in [0, 0.1) is 13.8 Å². The fourth-order valence-electron chi connectivity index (χ4n) is 4.07. The number of methoxy groups -OCH3 is 1. The van der Waals surface area contributed by atoms with Gasteiger partial charge in [-0.25, -0.2) is 4.99 Å². The van der Waals surface area contributed by atoms with Gasteiger partial charge >= 0.3 is 0 Å². The second kappa shape index (κ2) is 12.6. The highest BCUT2D eigenvalue weighted by atomic mass is 32.2. The van der Waals surface area contributed by atoms with Crippen LogP contribution in [0.3, 0.4) is 0 Å². The molecule has 8 nitrogen and oxygen atoms in total. The van der Waals surface area contributed by atoms with Crippen LogP contribution in [0.5, 0.6) is 11.5 Å². The zero-order valence-corrected chi connectivity index (χ0v) is 23.7. The first-order valence-electron chi connectivity index (χ1n) is 12.9. The molecular formula is C32H29N3O5S. The lowest BCUT2D eigenvalue weighted by Crippen LogP contribution is -2.28. The number of amidine groups is 1. The number of anilines is 1. The number of nitrogens with zero attached hydrogens (tertiary/aromatic N) is 2. The Morgan fingerprint density at radius 1 is 1.00 bits per heavy atom. The predicted molar refractivity (Wildman–Crippen MR) is 161 cm³/mol. The maximum atomic E-state index is 13.5. The molecule has 0 atom stereocenters. The summed E-state index contributed by atoms with van der Waals surface area (Å²) in [5.74, 6) is 1.45. The molecule has 5 rings (SSSR count). The highest BCUT2D eigenvalue weighted by molar-refractivity contribution is 8.18. The van der Waals surface area contributed by atoms with Crippen molar-refractivity contribution < 1.29 is 23.5 Å². The molecule has 0 radical (unpaired) electrons. The third-order valence-corrected chi connectivity index (χ3v) is 7.40. The first-order chi connectivity index (χ1) is 19.9. The van der Waals surface area contributed by atoms with Gasteiger partial charge < -0.3 is 19.2 Å². The van der Waals surface area contributed by atoms with Crippen LogP contribution in [-0.2, 0) is 16.1 Å². The second-order valence-corrected chi connectivity index (χ2v) is 10.4. The zero-order valence-electron chi connectivity index (χ0n) is 22.9. The maximum Gasteiger partial charge on any atom is 0.267 e. The number of carbonyl (C=O) groups excluding carboxylic acids is 2. The van der Waals surface area contributed by atoms with E-state index in [-0.39, 0.29) is 25.0 Å². The molecule has 9 heteroatoms. The summed E-state index contributed by atoms with van der Waals surface area (Å²) in [6.45, 7) is 4.13. The number of carbonyl (C=O) groups is 2. The van der Waals surface area contributed by atoms with Crippen molar-refractivity contribution in [2.75, 3.05) is 19.0 Å². The van der Waals surface area contributed by atoms with E-state index >= 15 is 0 Å². The largest absolute Gasteiger partial charge is 0.497 e. The van der Waals surface area contributed by atoms with Crippen LogP contribution in [0.15, 0.2) is 99.4 Å². The molecule has 1 N–H and O–H groups in total. The number of amides is 2. The second-order valence-electron chi connectivity index (χ2n) is 9.38. The van der Waals surface area contributed by atoms with E-state index in [0.29, 0.717) is 27.3 Å². The van der Waals surface area contributed by atoms with Crippen molar-refractivity contribution in [3.8, 4) is 11.5 Å². The van der Waals surface area contributed by atoms with E-state index in [0.717, 1.165) is 28.1 Å². The van der Waals surface area contributed by atoms with Gasteiger partial charge in [0.25, 0.3) is 11.8 Å². The molecule has 41 heavy (non-hydrogen) atoms. The van der Waals surface area contributed by atoms with E-state index in [1.165, 1.54) is 11.8 Å². The van der Waals surface area contributed by atoms with Gasteiger partial charge in [-0.2, -0.15) is 0 Å². The summed E-state index contributed by atoms with van der Waals surface area (Å²) in [5, 5.41) is 3.40. The number of ether oxygens (including phenoxy) is 2.